The van der Waals surface area contributed by atoms with Crippen molar-refractivity contribution in [3.8, 4) is 46.0 Å². The molecule has 8 N–H and O–H groups in total. The van der Waals surface area contributed by atoms with Gasteiger partial charge in [-0.2, -0.15) is 47.0 Å². The van der Waals surface area contributed by atoms with Crippen molar-refractivity contribution in [1.82, 2.24) is 0 Å². The summed E-state index contributed by atoms with van der Waals surface area (Å²) in [6.07, 6.45) is 5.84. The molecular weight excluding hydrogens is 1020 g/mol. The first kappa shape index (κ1) is 60.1. The standard InChI is InChI=1S/C53H68O16S4/c54-41-13-9-37(29-45(41)58)5-1-21-70-25-17-49(62)66-33-53(34-67-50(63)18-26-71-22-2-6-38-10-14-42(55)46(59)30-38,35-68-51(64)19-27-72-23-3-7-39-11-15-43(56)47(60)31-39)36-69-52(65)20-28-73-24-4-8-40-12-16-44(57)48(61)32-40/h9-16,29-32,54-61H,1-8,17-28,33-36H2. The fourth-order valence-corrected chi connectivity index (χ4v) is 10.4. The quantitative estimate of drug-likeness (QED) is 0.00915. The van der Waals surface area contributed by atoms with Crippen molar-refractivity contribution in [2.45, 2.75) is 77.0 Å². The predicted molar refractivity (Wildman–Crippen MR) is 286 cm³/mol. The van der Waals surface area contributed by atoms with Crippen molar-refractivity contribution in [3.63, 3.8) is 0 Å². The van der Waals surface area contributed by atoms with Gasteiger partial charge in [-0.1, -0.05) is 24.3 Å². The van der Waals surface area contributed by atoms with Crippen molar-refractivity contribution in [1.29, 1.82) is 0 Å². The van der Waals surface area contributed by atoms with E-state index in [1.54, 1.807) is 24.3 Å². The second-order valence-electron chi connectivity index (χ2n) is 17.3. The van der Waals surface area contributed by atoms with Crippen molar-refractivity contribution in [2.75, 3.05) is 72.5 Å². The zero-order valence-corrected chi connectivity index (χ0v) is 44.1. The third-order valence-electron chi connectivity index (χ3n) is 11.1. The molecule has 20 heteroatoms. The average Bonchev–Trinajstić information content (AvgIpc) is 3.37. The second-order valence-corrected chi connectivity index (χ2v) is 22.2. The molecule has 0 atom stereocenters. The molecule has 4 aromatic carbocycles. The first-order valence-corrected chi connectivity index (χ1v) is 28.7. The van der Waals surface area contributed by atoms with Gasteiger partial charge in [-0.3, -0.25) is 19.2 Å². The van der Waals surface area contributed by atoms with Gasteiger partial charge in [-0.15, -0.1) is 0 Å². The number of esters is 4. The number of phenols is 8. The summed E-state index contributed by atoms with van der Waals surface area (Å²) in [6.45, 7) is -1.56. The topological polar surface area (TPSA) is 267 Å². The minimum atomic E-state index is -1.45. The normalized spacial score (nSPS) is 11.3. The molecule has 0 aliphatic heterocycles. The van der Waals surface area contributed by atoms with Crippen LogP contribution in [0.4, 0.5) is 0 Å². The summed E-state index contributed by atoms with van der Waals surface area (Å²) < 4.78 is 23.0. The third kappa shape index (κ3) is 24.4. The highest BCUT2D eigenvalue weighted by Gasteiger charge is 2.38. The summed E-state index contributed by atoms with van der Waals surface area (Å²) in [5.74, 6) is 0.873. The molecule has 0 bridgehead atoms. The number of rotatable bonds is 36. The number of carbonyl (C=O) groups excluding carboxylic acids is 4. The fraction of sp³-hybridized carbons (Fsp3) is 0.472. The molecule has 0 aromatic heterocycles. The lowest BCUT2D eigenvalue weighted by Crippen LogP contribution is -2.44. The Bertz CT molecular complexity index is 2020. The van der Waals surface area contributed by atoms with E-state index >= 15 is 0 Å². The van der Waals surface area contributed by atoms with Crippen LogP contribution in [0.25, 0.3) is 0 Å². The van der Waals surface area contributed by atoms with Crippen LogP contribution in [-0.2, 0) is 63.8 Å². The number of hydrogen-bond donors (Lipinski definition) is 8. The monoisotopic (exact) mass is 1090 g/mol. The molecule has 0 spiro atoms. The Morgan fingerprint density at radius 3 is 0.753 bits per heavy atom. The van der Waals surface area contributed by atoms with Crippen LogP contribution >= 0.6 is 47.0 Å². The molecule has 0 saturated carbocycles. The summed E-state index contributed by atoms with van der Waals surface area (Å²) >= 11 is 6.15. The first-order valence-electron chi connectivity index (χ1n) is 24.1. The van der Waals surface area contributed by atoms with Crippen molar-refractivity contribution < 1.29 is 79.0 Å². The van der Waals surface area contributed by atoms with Crippen LogP contribution in [-0.4, -0.2) is 137 Å². The van der Waals surface area contributed by atoms with Crippen LogP contribution in [0.1, 0.15) is 73.6 Å². The Morgan fingerprint density at radius 2 is 0.548 bits per heavy atom. The lowest BCUT2D eigenvalue weighted by molar-refractivity contribution is -0.170. The Hall–Kier alpha value is -5.44. The fourth-order valence-electron chi connectivity index (χ4n) is 6.91. The average molecular weight is 1090 g/mol. The Kier molecular flexibility index (Phi) is 27.5. The van der Waals surface area contributed by atoms with Crippen LogP contribution < -0.4 is 0 Å². The Labute approximate surface area is 443 Å². The number of thioether (sulfide) groups is 4. The summed E-state index contributed by atoms with van der Waals surface area (Å²) in [7, 11) is 0. The van der Waals surface area contributed by atoms with E-state index in [9.17, 15) is 60.0 Å². The van der Waals surface area contributed by atoms with Crippen LogP contribution in [0.5, 0.6) is 46.0 Å². The molecule has 4 aromatic rings. The van der Waals surface area contributed by atoms with E-state index in [2.05, 4.69) is 0 Å². The second kappa shape index (κ2) is 33.4. The smallest absolute Gasteiger partial charge is 0.306 e. The molecular formula is C53H68O16S4. The van der Waals surface area contributed by atoms with Crippen LogP contribution in [0.3, 0.4) is 0 Å². The molecule has 0 fully saturated rings. The zero-order chi connectivity index (χ0) is 52.9. The molecule has 0 amide bonds. The number of carbonyl (C=O) groups is 4. The zero-order valence-electron chi connectivity index (χ0n) is 40.9. The van der Waals surface area contributed by atoms with Crippen LogP contribution in [0, 0.1) is 5.41 Å². The number of benzene rings is 4. The highest BCUT2D eigenvalue weighted by molar-refractivity contribution is 7.99. The molecule has 0 saturated heterocycles. The van der Waals surface area contributed by atoms with E-state index in [4.69, 9.17) is 18.9 Å². The number of hydrogen-bond acceptors (Lipinski definition) is 20. The van der Waals surface area contributed by atoms with Crippen molar-refractivity contribution in [2.24, 2.45) is 5.41 Å². The van der Waals surface area contributed by atoms with E-state index in [1.807, 2.05) is 0 Å². The van der Waals surface area contributed by atoms with Crippen LogP contribution in [0.2, 0.25) is 0 Å². The lowest BCUT2D eigenvalue weighted by atomic mass is 9.92. The number of aromatic hydroxyl groups is 8. The molecule has 0 aliphatic rings. The number of phenolic OH excluding ortho intramolecular Hbond substituents is 8. The van der Waals surface area contributed by atoms with E-state index < -0.39 is 29.3 Å². The van der Waals surface area contributed by atoms with Gasteiger partial charge in [0.2, 0.25) is 0 Å². The van der Waals surface area contributed by atoms with Gasteiger partial charge in [-0.25, -0.2) is 0 Å². The van der Waals surface area contributed by atoms with E-state index in [1.165, 1.54) is 95.6 Å². The minimum Gasteiger partial charge on any atom is -0.504 e. The number of ether oxygens (including phenoxy) is 4. The lowest BCUT2D eigenvalue weighted by Gasteiger charge is -2.31. The molecule has 400 valence electrons. The van der Waals surface area contributed by atoms with Gasteiger partial charge in [0, 0.05) is 23.0 Å². The Morgan fingerprint density at radius 1 is 0.329 bits per heavy atom. The van der Waals surface area contributed by atoms with Gasteiger partial charge in [0.1, 0.15) is 31.8 Å². The SMILES string of the molecule is O=C(CCSCCCc1ccc(O)c(O)c1)OCC(COC(=O)CCSCCCc1ccc(O)c(O)c1)(COC(=O)CCSCCCc1ccc(O)c(O)c1)COC(=O)CCSCCCc1ccc(O)c(O)c1. The number of aryl methyl sites for hydroxylation is 4. The molecule has 16 nitrogen and oxygen atoms in total. The van der Waals surface area contributed by atoms with Gasteiger partial charge in [0.25, 0.3) is 0 Å². The van der Waals surface area contributed by atoms with Gasteiger partial charge in [-0.05, 0) is 145 Å². The van der Waals surface area contributed by atoms with E-state index in [0.717, 1.165) is 47.9 Å². The molecule has 0 radical (unpaired) electrons. The van der Waals surface area contributed by atoms with E-state index in [-0.39, 0.29) is 98.1 Å². The molecule has 0 aliphatic carbocycles. The highest BCUT2D eigenvalue weighted by Crippen LogP contribution is 2.30. The molecule has 0 unspecified atom stereocenters. The minimum absolute atomic E-state index is 0.0432. The maximum absolute atomic E-state index is 13.2. The maximum Gasteiger partial charge on any atom is 0.306 e. The third-order valence-corrected chi connectivity index (χ3v) is 15.4. The molecule has 73 heavy (non-hydrogen) atoms. The van der Waals surface area contributed by atoms with Gasteiger partial charge < -0.3 is 59.8 Å². The van der Waals surface area contributed by atoms with Gasteiger partial charge >= 0.3 is 23.9 Å². The summed E-state index contributed by atoms with van der Waals surface area (Å²) in [6, 6.07) is 18.7. The first-order chi connectivity index (χ1) is 35.1. The summed E-state index contributed by atoms with van der Waals surface area (Å²) in [5, 5.41) is 77.5. The van der Waals surface area contributed by atoms with Gasteiger partial charge in [0.05, 0.1) is 25.7 Å². The summed E-state index contributed by atoms with van der Waals surface area (Å²) in [5.41, 5.74) is 2.01. The maximum atomic E-state index is 13.2. The molecule has 4 rings (SSSR count). The highest BCUT2D eigenvalue weighted by atomic mass is 32.2. The predicted octanol–water partition coefficient (Wildman–Crippen LogP) is 8.81. The van der Waals surface area contributed by atoms with Crippen LogP contribution in [0.15, 0.2) is 72.8 Å². The molecule has 0 heterocycles. The van der Waals surface area contributed by atoms with Crippen molar-refractivity contribution >= 4 is 70.9 Å². The largest absolute Gasteiger partial charge is 0.504 e. The Balaban J connectivity index is 1.33. The van der Waals surface area contributed by atoms with Crippen molar-refractivity contribution in [3.05, 3.63) is 95.1 Å². The van der Waals surface area contributed by atoms with Gasteiger partial charge in [0.15, 0.2) is 46.0 Å². The van der Waals surface area contributed by atoms with E-state index in [0.29, 0.717) is 71.7 Å². The summed E-state index contributed by atoms with van der Waals surface area (Å²) in [4.78, 5) is 52.8.